The van der Waals surface area contributed by atoms with Gasteiger partial charge in [-0.2, -0.15) is 0 Å². The number of nitrogens with two attached hydrogens (primary N) is 1. The summed E-state index contributed by atoms with van der Waals surface area (Å²) in [6, 6.07) is 12.2. The monoisotopic (exact) mass is 292 g/mol. The summed E-state index contributed by atoms with van der Waals surface area (Å²) < 4.78 is 6.40. The van der Waals surface area contributed by atoms with Crippen LogP contribution < -0.4 is 10.5 Å². The topological polar surface area (TPSA) is 65.2 Å². The van der Waals surface area contributed by atoms with Crippen LogP contribution in [0.5, 0.6) is 11.6 Å². The van der Waals surface area contributed by atoms with E-state index in [1.54, 1.807) is 24.3 Å². The lowest BCUT2D eigenvalue weighted by Gasteiger charge is -2.05. The van der Waals surface area contributed by atoms with Crippen LogP contribution in [-0.4, -0.2) is 10.9 Å². The number of primary amides is 1. The van der Waals surface area contributed by atoms with Gasteiger partial charge < -0.3 is 10.5 Å². The number of benzene rings is 1. The Morgan fingerprint density at radius 3 is 2.71 bits per heavy atom. The lowest BCUT2D eigenvalue weighted by atomic mass is 10.3. The van der Waals surface area contributed by atoms with Gasteiger partial charge in [-0.3, -0.25) is 4.79 Å². The summed E-state index contributed by atoms with van der Waals surface area (Å²) in [5.74, 6) is 0.387. The molecule has 1 aromatic carbocycles. The van der Waals surface area contributed by atoms with Crippen LogP contribution in [0.1, 0.15) is 10.5 Å². The third kappa shape index (κ3) is 3.04. The van der Waals surface area contributed by atoms with Gasteiger partial charge in [0, 0.05) is 10.5 Å². The first-order valence-corrected chi connectivity index (χ1v) is 5.65. The van der Waals surface area contributed by atoms with Gasteiger partial charge in [-0.15, -0.1) is 0 Å². The standard InChI is InChI=1S/C12H9BrN2O2/c13-8-3-1-4-9(7-8)17-11-6-2-5-10(15-11)12(14)16/h1-7H,(H2,14,16). The predicted molar refractivity (Wildman–Crippen MR) is 67.0 cm³/mol. The highest BCUT2D eigenvalue weighted by Gasteiger charge is 2.04. The zero-order valence-electron chi connectivity index (χ0n) is 8.76. The van der Waals surface area contributed by atoms with Gasteiger partial charge in [0.15, 0.2) is 0 Å². The summed E-state index contributed by atoms with van der Waals surface area (Å²) >= 11 is 3.34. The van der Waals surface area contributed by atoms with Crippen molar-refractivity contribution in [1.29, 1.82) is 0 Å². The molecule has 0 radical (unpaired) electrons. The minimum Gasteiger partial charge on any atom is -0.439 e. The van der Waals surface area contributed by atoms with Gasteiger partial charge in [0.25, 0.3) is 5.91 Å². The van der Waals surface area contributed by atoms with E-state index in [1.165, 1.54) is 6.07 Å². The SMILES string of the molecule is NC(=O)c1cccc(Oc2cccc(Br)c2)n1. The number of amides is 1. The van der Waals surface area contributed by atoms with Crippen LogP contribution in [0.15, 0.2) is 46.9 Å². The molecule has 0 saturated carbocycles. The fourth-order valence-corrected chi connectivity index (χ4v) is 1.64. The highest BCUT2D eigenvalue weighted by Crippen LogP contribution is 2.22. The Hall–Kier alpha value is -1.88. The fraction of sp³-hybridized carbons (Fsp3) is 0. The predicted octanol–water partition coefficient (Wildman–Crippen LogP) is 2.74. The van der Waals surface area contributed by atoms with Crippen LogP contribution in [0, 0.1) is 0 Å². The zero-order valence-corrected chi connectivity index (χ0v) is 10.3. The van der Waals surface area contributed by atoms with Crippen molar-refractivity contribution in [3.63, 3.8) is 0 Å². The maximum atomic E-state index is 11.0. The minimum atomic E-state index is -0.579. The van der Waals surface area contributed by atoms with Crippen LogP contribution in [0.3, 0.4) is 0 Å². The number of pyridine rings is 1. The number of halogens is 1. The molecule has 1 heterocycles. The number of ether oxygens (including phenoxy) is 1. The normalized spacial score (nSPS) is 9.94. The summed E-state index contributed by atoms with van der Waals surface area (Å²) in [7, 11) is 0. The Kier molecular flexibility index (Phi) is 3.39. The maximum Gasteiger partial charge on any atom is 0.267 e. The Bertz CT molecular complexity index is 558. The average molecular weight is 293 g/mol. The van der Waals surface area contributed by atoms with Crippen molar-refractivity contribution >= 4 is 21.8 Å². The van der Waals surface area contributed by atoms with Crippen molar-refractivity contribution in [1.82, 2.24) is 4.98 Å². The van der Waals surface area contributed by atoms with Crippen LogP contribution in [0.25, 0.3) is 0 Å². The number of carbonyl (C=O) groups excluding carboxylic acids is 1. The molecular formula is C12H9BrN2O2. The Labute approximate surface area is 107 Å². The Morgan fingerprint density at radius 2 is 2.00 bits per heavy atom. The van der Waals surface area contributed by atoms with E-state index in [0.29, 0.717) is 11.6 Å². The molecule has 0 bridgehead atoms. The first-order chi connectivity index (χ1) is 8.15. The van der Waals surface area contributed by atoms with Gasteiger partial charge in [-0.1, -0.05) is 28.1 Å². The number of nitrogens with zero attached hydrogens (tertiary/aromatic N) is 1. The molecule has 2 N–H and O–H groups in total. The Balaban J connectivity index is 2.24. The van der Waals surface area contributed by atoms with E-state index in [0.717, 1.165) is 4.47 Å². The number of hydrogen-bond acceptors (Lipinski definition) is 3. The number of carbonyl (C=O) groups is 1. The second kappa shape index (κ2) is 4.97. The third-order valence-electron chi connectivity index (χ3n) is 1.99. The molecule has 0 atom stereocenters. The van der Waals surface area contributed by atoms with Gasteiger partial charge in [0.1, 0.15) is 11.4 Å². The van der Waals surface area contributed by atoms with E-state index in [2.05, 4.69) is 20.9 Å². The molecule has 0 saturated heterocycles. The summed E-state index contributed by atoms with van der Waals surface area (Å²) in [5, 5.41) is 0. The van der Waals surface area contributed by atoms with Crippen molar-refractivity contribution in [2.24, 2.45) is 5.73 Å². The van der Waals surface area contributed by atoms with E-state index in [4.69, 9.17) is 10.5 Å². The molecule has 0 unspecified atom stereocenters. The third-order valence-corrected chi connectivity index (χ3v) is 2.49. The maximum absolute atomic E-state index is 11.0. The van der Waals surface area contributed by atoms with Crippen molar-refractivity contribution in [2.75, 3.05) is 0 Å². The molecule has 1 amide bonds. The molecule has 0 fully saturated rings. The van der Waals surface area contributed by atoms with Gasteiger partial charge in [-0.25, -0.2) is 4.98 Å². The Morgan fingerprint density at radius 1 is 1.24 bits per heavy atom. The van der Waals surface area contributed by atoms with Crippen LogP contribution >= 0.6 is 15.9 Å². The van der Waals surface area contributed by atoms with Crippen molar-refractivity contribution in [3.8, 4) is 11.6 Å². The number of rotatable bonds is 3. The molecule has 2 rings (SSSR count). The lowest BCUT2D eigenvalue weighted by molar-refractivity contribution is 0.0995. The van der Waals surface area contributed by atoms with E-state index in [1.807, 2.05) is 12.1 Å². The second-order valence-corrected chi connectivity index (χ2v) is 4.20. The smallest absolute Gasteiger partial charge is 0.267 e. The van der Waals surface area contributed by atoms with Gasteiger partial charge in [-0.05, 0) is 24.3 Å². The van der Waals surface area contributed by atoms with Gasteiger partial charge in [0.05, 0.1) is 0 Å². The molecule has 5 heteroatoms. The molecule has 4 nitrogen and oxygen atoms in total. The molecule has 17 heavy (non-hydrogen) atoms. The second-order valence-electron chi connectivity index (χ2n) is 3.28. The van der Waals surface area contributed by atoms with Crippen molar-refractivity contribution < 1.29 is 9.53 Å². The highest BCUT2D eigenvalue weighted by atomic mass is 79.9. The molecule has 0 aliphatic rings. The molecule has 86 valence electrons. The van der Waals surface area contributed by atoms with Crippen LogP contribution in [-0.2, 0) is 0 Å². The zero-order chi connectivity index (χ0) is 12.3. The van der Waals surface area contributed by atoms with Crippen LogP contribution in [0.4, 0.5) is 0 Å². The lowest BCUT2D eigenvalue weighted by Crippen LogP contribution is -2.12. The fourth-order valence-electron chi connectivity index (χ4n) is 1.26. The number of hydrogen-bond donors (Lipinski definition) is 1. The summed E-state index contributed by atoms with van der Waals surface area (Å²) in [5.41, 5.74) is 5.31. The molecule has 1 aromatic heterocycles. The van der Waals surface area contributed by atoms with Crippen LogP contribution in [0.2, 0.25) is 0 Å². The molecule has 2 aromatic rings. The van der Waals surface area contributed by atoms with E-state index in [-0.39, 0.29) is 5.69 Å². The summed E-state index contributed by atoms with van der Waals surface area (Å²) in [6.07, 6.45) is 0. The minimum absolute atomic E-state index is 0.178. The summed E-state index contributed by atoms with van der Waals surface area (Å²) in [6.45, 7) is 0. The van der Waals surface area contributed by atoms with Gasteiger partial charge in [0.2, 0.25) is 5.88 Å². The quantitative estimate of drug-likeness (QED) is 0.946. The molecule has 0 spiro atoms. The van der Waals surface area contributed by atoms with E-state index < -0.39 is 5.91 Å². The van der Waals surface area contributed by atoms with E-state index >= 15 is 0 Å². The highest BCUT2D eigenvalue weighted by molar-refractivity contribution is 9.10. The summed E-state index contributed by atoms with van der Waals surface area (Å²) in [4.78, 5) is 14.9. The molecule has 0 aliphatic heterocycles. The van der Waals surface area contributed by atoms with Gasteiger partial charge >= 0.3 is 0 Å². The first kappa shape index (κ1) is 11.6. The molecule has 0 aliphatic carbocycles. The molecular weight excluding hydrogens is 284 g/mol. The number of aromatic nitrogens is 1. The van der Waals surface area contributed by atoms with Crippen molar-refractivity contribution in [3.05, 3.63) is 52.6 Å². The van der Waals surface area contributed by atoms with E-state index in [9.17, 15) is 4.79 Å². The van der Waals surface area contributed by atoms with Crippen molar-refractivity contribution in [2.45, 2.75) is 0 Å². The largest absolute Gasteiger partial charge is 0.439 e. The first-order valence-electron chi connectivity index (χ1n) is 4.85. The average Bonchev–Trinajstić information content (AvgIpc) is 2.29.